The SMILES string of the molecule is CN(CCc1ccccc1)C1CCN(C(=O)c2cc(OCc3ccccc3)nc3ccccc23)CC1. The number of benzene rings is 3. The van der Waals surface area contributed by atoms with Gasteiger partial charge in [-0.05, 0) is 43.5 Å². The Labute approximate surface area is 213 Å². The van der Waals surface area contributed by atoms with Crippen molar-refractivity contribution in [2.24, 2.45) is 0 Å². The van der Waals surface area contributed by atoms with E-state index in [-0.39, 0.29) is 5.91 Å². The van der Waals surface area contributed by atoms with Crippen LogP contribution in [0.4, 0.5) is 0 Å². The fourth-order valence-electron chi connectivity index (χ4n) is 4.95. The lowest BCUT2D eigenvalue weighted by atomic mass is 10.0. The van der Waals surface area contributed by atoms with E-state index in [0.717, 1.165) is 55.4 Å². The van der Waals surface area contributed by atoms with Crippen molar-refractivity contribution in [3.63, 3.8) is 0 Å². The molecule has 1 saturated heterocycles. The molecule has 0 spiro atoms. The Kier molecular flexibility index (Phi) is 7.58. The number of aromatic nitrogens is 1. The van der Waals surface area contributed by atoms with Gasteiger partial charge in [0.25, 0.3) is 5.91 Å². The third kappa shape index (κ3) is 5.74. The maximum Gasteiger partial charge on any atom is 0.254 e. The van der Waals surface area contributed by atoms with Crippen molar-refractivity contribution < 1.29 is 9.53 Å². The van der Waals surface area contributed by atoms with E-state index in [1.807, 2.05) is 65.6 Å². The van der Waals surface area contributed by atoms with E-state index < -0.39 is 0 Å². The van der Waals surface area contributed by atoms with E-state index in [4.69, 9.17) is 4.74 Å². The molecule has 4 aromatic rings. The highest BCUT2D eigenvalue weighted by atomic mass is 16.5. The average molecular weight is 480 g/mol. The Hall–Kier alpha value is -3.70. The first kappa shape index (κ1) is 24.0. The van der Waals surface area contributed by atoms with E-state index in [2.05, 4.69) is 47.3 Å². The average Bonchev–Trinajstić information content (AvgIpc) is 2.95. The number of hydrogen-bond donors (Lipinski definition) is 0. The van der Waals surface area contributed by atoms with Crippen molar-refractivity contribution in [1.29, 1.82) is 0 Å². The molecule has 1 aliphatic rings. The molecule has 1 fully saturated rings. The number of piperidine rings is 1. The van der Waals surface area contributed by atoms with Gasteiger partial charge < -0.3 is 14.5 Å². The molecule has 0 radical (unpaired) electrons. The fourth-order valence-corrected chi connectivity index (χ4v) is 4.95. The lowest BCUT2D eigenvalue weighted by Crippen LogP contribution is -2.46. The number of amides is 1. The number of para-hydroxylation sites is 1. The fraction of sp³-hybridized carbons (Fsp3) is 0.290. The van der Waals surface area contributed by atoms with Gasteiger partial charge in [0.2, 0.25) is 5.88 Å². The predicted molar refractivity (Wildman–Crippen MR) is 144 cm³/mol. The number of hydrogen-bond acceptors (Lipinski definition) is 4. The minimum absolute atomic E-state index is 0.0588. The molecule has 5 heteroatoms. The molecule has 1 aliphatic heterocycles. The van der Waals surface area contributed by atoms with Crippen molar-refractivity contribution in [1.82, 2.24) is 14.8 Å². The largest absolute Gasteiger partial charge is 0.473 e. The highest BCUT2D eigenvalue weighted by molar-refractivity contribution is 6.06. The van der Waals surface area contributed by atoms with Crippen molar-refractivity contribution in [3.05, 3.63) is 108 Å². The maximum atomic E-state index is 13.7. The number of pyridine rings is 1. The quantitative estimate of drug-likeness (QED) is 0.330. The molecule has 3 aromatic carbocycles. The molecular formula is C31H33N3O2. The number of carbonyl (C=O) groups is 1. The Morgan fingerprint density at radius 3 is 2.28 bits per heavy atom. The van der Waals surface area contributed by atoms with Gasteiger partial charge in [0.05, 0.1) is 11.1 Å². The molecule has 1 aromatic heterocycles. The second-order valence-electron chi connectivity index (χ2n) is 9.54. The summed E-state index contributed by atoms with van der Waals surface area (Å²) in [4.78, 5) is 22.8. The third-order valence-corrected chi connectivity index (χ3v) is 7.12. The number of carbonyl (C=O) groups excluding carboxylic acids is 1. The molecule has 1 amide bonds. The normalized spacial score (nSPS) is 14.3. The summed E-state index contributed by atoms with van der Waals surface area (Å²) in [6, 6.07) is 30.8. The van der Waals surface area contributed by atoms with E-state index in [0.29, 0.717) is 24.1 Å². The minimum Gasteiger partial charge on any atom is -0.473 e. The summed E-state index contributed by atoms with van der Waals surface area (Å²) in [7, 11) is 2.21. The van der Waals surface area contributed by atoms with Gasteiger partial charge in [-0.2, -0.15) is 0 Å². The first-order valence-electron chi connectivity index (χ1n) is 12.8. The van der Waals surface area contributed by atoms with Gasteiger partial charge in [0, 0.05) is 37.1 Å². The lowest BCUT2D eigenvalue weighted by Gasteiger charge is -2.37. The summed E-state index contributed by atoms with van der Waals surface area (Å²) in [6.45, 7) is 2.96. The van der Waals surface area contributed by atoms with Gasteiger partial charge in [0.1, 0.15) is 6.61 Å². The van der Waals surface area contributed by atoms with Gasteiger partial charge in [-0.1, -0.05) is 78.9 Å². The zero-order valence-corrected chi connectivity index (χ0v) is 20.8. The van der Waals surface area contributed by atoms with Crippen LogP contribution in [0.15, 0.2) is 91.0 Å². The number of likely N-dealkylation sites (tertiary alicyclic amines) is 1. The van der Waals surface area contributed by atoms with Gasteiger partial charge in [0.15, 0.2) is 0 Å². The monoisotopic (exact) mass is 479 g/mol. The molecule has 0 N–H and O–H groups in total. The van der Waals surface area contributed by atoms with E-state index in [1.54, 1.807) is 0 Å². The van der Waals surface area contributed by atoms with Crippen LogP contribution in [0.25, 0.3) is 10.9 Å². The molecule has 184 valence electrons. The molecule has 2 heterocycles. The molecule has 36 heavy (non-hydrogen) atoms. The van der Waals surface area contributed by atoms with Crippen LogP contribution in [-0.4, -0.2) is 53.4 Å². The van der Waals surface area contributed by atoms with E-state index in [9.17, 15) is 4.79 Å². The highest BCUT2D eigenvalue weighted by Crippen LogP contribution is 2.26. The first-order valence-corrected chi connectivity index (χ1v) is 12.8. The van der Waals surface area contributed by atoms with Gasteiger partial charge >= 0.3 is 0 Å². The number of fused-ring (bicyclic) bond motifs is 1. The van der Waals surface area contributed by atoms with Crippen LogP contribution in [0.5, 0.6) is 5.88 Å². The standard InChI is InChI=1S/C31H33N3O2/c1-33(19-16-24-10-4-2-5-11-24)26-17-20-34(21-18-26)31(35)28-22-30(32-29-15-9-8-14-27(28)29)36-23-25-12-6-3-7-13-25/h2-15,22,26H,16-21,23H2,1H3. The minimum atomic E-state index is 0.0588. The summed E-state index contributed by atoms with van der Waals surface area (Å²) in [5, 5.41) is 0.872. The molecule has 0 saturated carbocycles. The van der Waals surface area contributed by atoms with Gasteiger partial charge in [-0.15, -0.1) is 0 Å². The van der Waals surface area contributed by atoms with Crippen molar-refractivity contribution in [2.45, 2.75) is 31.9 Å². The highest BCUT2D eigenvalue weighted by Gasteiger charge is 2.27. The topological polar surface area (TPSA) is 45.7 Å². The van der Waals surface area contributed by atoms with Crippen LogP contribution in [0, 0.1) is 0 Å². The second kappa shape index (κ2) is 11.4. The Balaban J connectivity index is 1.24. The molecule has 0 unspecified atom stereocenters. The summed E-state index contributed by atoms with van der Waals surface area (Å²) < 4.78 is 6.00. The smallest absolute Gasteiger partial charge is 0.254 e. The second-order valence-corrected chi connectivity index (χ2v) is 9.54. The van der Waals surface area contributed by atoms with Crippen molar-refractivity contribution >= 4 is 16.8 Å². The summed E-state index contributed by atoms with van der Waals surface area (Å²) in [5.74, 6) is 0.542. The number of likely N-dealkylation sites (N-methyl/N-ethyl adjacent to an activating group) is 1. The molecule has 5 rings (SSSR count). The van der Waals surface area contributed by atoms with Crippen LogP contribution >= 0.6 is 0 Å². The van der Waals surface area contributed by atoms with Crippen molar-refractivity contribution in [2.75, 3.05) is 26.7 Å². The Bertz CT molecular complexity index is 1290. The van der Waals surface area contributed by atoms with E-state index in [1.165, 1.54) is 5.56 Å². The molecular weight excluding hydrogens is 446 g/mol. The van der Waals surface area contributed by atoms with Crippen LogP contribution in [0.3, 0.4) is 0 Å². The van der Waals surface area contributed by atoms with Crippen molar-refractivity contribution in [3.8, 4) is 5.88 Å². The Morgan fingerprint density at radius 2 is 1.56 bits per heavy atom. The molecule has 0 aliphatic carbocycles. The summed E-state index contributed by atoms with van der Waals surface area (Å²) >= 11 is 0. The predicted octanol–water partition coefficient (Wildman–Crippen LogP) is 5.59. The number of ether oxygens (including phenoxy) is 1. The van der Waals surface area contributed by atoms with Gasteiger partial charge in [-0.3, -0.25) is 4.79 Å². The maximum absolute atomic E-state index is 13.7. The molecule has 5 nitrogen and oxygen atoms in total. The van der Waals surface area contributed by atoms with Crippen LogP contribution in [0.1, 0.15) is 34.3 Å². The lowest BCUT2D eigenvalue weighted by molar-refractivity contribution is 0.0648. The number of rotatable bonds is 8. The van der Waals surface area contributed by atoms with Gasteiger partial charge in [-0.25, -0.2) is 4.98 Å². The van der Waals surface area contributed by atoms with Crippen LogP contribution in [-0.2, 0) is 13.0 Å². The summed E-state index contributed by atoms with van der Waals surface area (Å²) in [6.07, 6.45) is 3.01. The molecule has 0 atom stereocenters. The Morgan fingerprint density at radius 1 is 0.917 bits per heavy atom. The zero-order valence-electron chi connectivity index (χ0n) is 20.8. The molecule has 0 bridgehead atoms. The summed E-state index contributed by atoms with van der Waals surface area (Å²) in [5.41, 5.74) is 3.88. The number of nitrogens with zero attached hydrogens (tertiary/aromatic N) is 3. The van der Waals surface area contributed by atoms with Crippen LogP contribution < -0.4 is 4.74 Å². The van der Waals surface area contributed by atoms with Crippen LogP contribution in [0.2, 0.25) is 0 Å². The zero-order chi connectivity index (χ0) is 24.7. The van der Waals surface area contributed by atoms with E-state index >= 15 is 0 Å². The first-order chi connectivity index (χ1) is 17.7. The third-order valence-electron chi connectivity index (χ3n) is 7.12.